The van der Waals surface area contributed by atoms with Gasteiger partial charge in [0, 0.05) is 12.8 Å². The van der Waals surface area contributed by atoms with Crippen LogP contribution in [-0.2, 0) is 18.9 Å². The summed E-state index contributed by atoms with van der Waals surface area (Å²) in [5.41, 5.74) is -11.8. The van der Waals surface area contributed by atoms with E-state index >= 15 is 0 Å². The standard InChI is InChI=1S/C20H24F14O4/c1-11-5-3-8-14(37-11,16(22,19(29,30)31)20(32,33)34)36-10-9-35-13(2)7-4-6-12(38-13)15(21,17(23,24)25)18(26,27)28/h11-12H,3-10H2,1-2H3. The first-order chi connectivity index (χ1) is 16.9. The molecule has 2 saturated heterocycles. The highest BCUT2D eigenvalue weighted by Gasteiger charge is 2.84. The van der Waals surface area contributed by atoms with Gasteiger partial charge in [0.15, 0.2) is 5.79 Å². The van der Waals surface area contributed by atoms with Gasteiger partial charge in [-0.1, -0.05) is 0 Å². The molecule has 2 heterocycles. The molecule has 0 aliphatic carbocycles. The highest BCUT2D eigenvalue weighted by molar-refractivity contribution is 5.08. The third-order valence-electron chi connectivity index (χ3n) is 6.40. The molecule has 4 atom stereocenters. The van der Waals surface area contributed by atoms with Crippen LogP contribution in [0, 0.1) is 0 Å². The van der Waals surface area contributed by atoms with E-state index in [2.05, 4.69) is 9.47 Å². The molecule has 0 N–H and O–H groups in total. The Morgan fingerprint density at radius 3 is 1.58 bits per heavy atom. The van der Waals surface area contributed by atoms with E-state index in [0.29, 0.717) is 0 Å². The average molecular weight is 594 g/mol. The fourth-order valence-corrected chi connectivity index (χ4v) is 4.52. The summed E-state index contributed by atoms with van der Waals surface area (Å²) in [6.45, 7) is -0.506. The molecule has 18 heteroatoms. The minimum atomic E-state index is -6.56. The Kier molecular flexibility index (Phi) is 9.01. The Balaban J connectivity index is 2.23. The lowest BCUT2D eigenvalue weighted by atomic mass is 9.86. The van der Waals surface area contributed by atoms with Crippen molar-refractivity contribution >= 4 is 0 Å². The van der Waals surface area contributed by atoms with Crippen LogP contribution < -0.4 is 0 Å². The van der Waals surface area contributed by atoms with E-state index in [-0.39, 0.29) is 12.8 Å². The van der Waals surface area contributed by atoms with Gasteiger partial charge in [0.2, 0.25) is 5.79 Å². The maximum absolute atomic E-state index is 15.0. The first kappa shape index (κ1) is 33.1. The van der Waals surface area contributed by atoms with E-state index in [1.807, 2.05) is 0 Å². The van der Waals surface area contributed by atoms with Crippen molar-refractivity contribution in [2.24, 2.45) is 0 Å². The van der Waals surface area contributed by atoms with Crippen LogP contribution in [0.15, 0.2) is 0 Å². The van der Waals surface area contributed by atoms with Gasteiger partial charge >= 0.3 is 36.0 Å². The SMILES string of the molecule is CC1CCCC(OCCOC2(C)CCCC(C(F)(C(F)(F)F)C(F)(F)F)O2)(C(F)(C(F)(F)F)C(F)(F)F)O1. The average Bonchev–Trinajstić information content (AvgIpc) is 2.72. The van der Waals surface area contributed by atoms with Gasteiger partial charge in [-0.25, -0.2) is 8.78 Å². The fourth-order valence-electron chi connectivity index (χ4n) is 4.52. The summed E-state index contributed by atoms with van der Waals surface area (Å²) in [6, 6.07) is 0. The van der Waals surface area contributed by atoms with Crippen LogP contribution in [0.1, 0.15) is 52.4 Å². The van der Waals surface area contributed by atoms with Crippen molar-refractivity contribution in [3.05, 3.63) is 0 Å². The quantitative estimate of drug-likeness (QED) is 0.230. The minimum Gasteiger partial charge on any atom is -0.348 e. The fraction of sp³-hybridized carbons (Fsp3) is 1.00. The summed E-state index contributed by atoms with van der Waals surface area (Å²) in [6.07, 6.45) is -34.0. The molecule has 0 spiro atoms. The van der Waals surface area contributed by atoms with Crippen molar-refractivity contribution in [3.8, 4) is 0 Å². The Labute approximate surface area is 206 Å². The molecule has 226 valence electrons. The van der Waals surface area contributed by atoms with Gasteiger partial charge in [0.25, 0.3) is 0 Å². The number of halogens is 14. The molecule has 0 bridgehead atoms. The minimum absolute atomic E-state index is 0.0376. The maximum atomic E-state index is 15.0. The Morgan fingerprint density at radius 2 is 1.13 bits per heavy atom. The lowest BCUT2D eigenvalue weighted by Gasteiger charge is -2.49. The topological polar surface area (TPSA) is 36.9 Å². The zero-order valence-corrected chi connectivity index (χ0v) is 19.7. The molecule has 0 aromatic carbocycles. The highest BCUT2D eigenvalue weighted by atomic mass is 19.4. The van der Waals surface area contributed by atoms with Gasteiger partial charge < -0.3 is 18.9 Å². The summed E-state index contributed by atoms with van der Waals surface area (Å²) >= 11 is 0. The normalized spacial score (nSPS) is 30.9. The van der Waals surface area contributed by atoms with Crippen LogP contribution in [0.4, 0.5) is 61.5 Å². The third kappa shape index (κ3) is 5.82. The van der Waals surface area contributed by atoms with Crippen LogP contribution in [0.2, 0.25) is 0 Å². The molecule has 0 saturated carbocycles. The summed E-state index contributed by atoms with van der Waals surface area (Å²) < 4.78 is 207. The summed E-state index contributed by atoms with van der Waals surface area (Å²) in [4.78, 5) is 0. The van der Waals surface area contributed by atoms with Gasteiger partial charge in [0.1, 0.15) is 6.10 Å². The van der Waals surface area contributed by atoms with Crippen molar-refractivity contribution in [2.75, 3.05) is 13.2 Å². The first-order valence-electron chi connectivity index (χ1n) is 11.2. The smallest absolute Gasteiger partial charge is 0.348 e. The monoisotopic (exact) mass is 594 g/mol. The Morgan fingerprint density at radius 1 is 0.658 bits per heavy atom. The molecule has 2 rings (SSSR count). The van der Waals surface area contributed by atoms with E-state index in [9.17, 15) is 61.5 Å². The molecule has 0 amide bonds. The molecule has 0 radical (unpaired) electrons. The lowest BCUT2D eigenvalue weighted by molar-refractivity contribution is -0.454. The van der Waals surface area contributed by atoms with E-state index in [1.165, 1.54) is 0 Å². The summed E-state index contributed by atoms with van der Waals surface area (Å²) in [5, 5.41) is 0. The molecule has 2 aliphatic heterocycles. The molecule has 4 unspecified atom stereocenters. The van der Waals surface area contributed by atoms with Crippen molar-refractivity contribution < 1.29 is 80.4 Å². The van der Waals surface area contributed by atoms with Crippen molar-refractivity contribution in [1.82, 2.24) is 0 Å². The van der Waals surface area contributed by atoms with Gasteiger partial charge in [-0.2, -0.15) is 52.7 Å². The van der Waals surface area contributed by atoms with Gasteiger partial charge in [-0.05, 0) is 39.5 Å². The van der Waals surface area contributed by atoms with E-state index in [1.54, 1.807) is 0 Å². The third-order valence-corrected chi connectivity index (χ3v) is 6.40. The summed E-state index contributed by atoms with van der Waals surface area (Å²) in [5.74, 6) is -6.31. The first-order valence-corrected chi connectivity index (χ1v) is 11.2. The van der Waals surface area contributed by atoms with E-state index < -0.39 is 98.7 Å². The predicted octanol–water partition coefficient (Wildman–Crippen LogP) is 7.26. The maximum Gasteiger partial charge on any atom is 0.437 e. The molecule has 0 aromatic heterocycles. The molecular weight excluding hydrogens is 570 g/mol. The molecule has 4 nitrogen and oxygen atoms in total. The second kappa shape index (κ2) is 10.4. The molecular formula is C20H24F14O4. The van der Waals surface area contributed by atoms with Crippen LogP contribution in [0.3, 0.4) is 0 Å². The molecule has 2 fully saturated rings. The summed E-state index contributed by atoms with van der Waals surface area (Å²) in [7, 11) is 0. The van der Waals surface area contributed by atoms with Crippen molar-refractivity contribution in [2.45, 2.75) is 112 Å². The molecule has 0 aromatic rings. The van der Waals surface area contributed by atoms with Crippen molar-refractivity contribution in [1.29, 1.82) is 0 Å². The van der Waals surface area contributed by atoms with Crippen molar-refractivity contribution in [3.63, 3.8) is 0 Å². The number of hydrogen-bond donors (Lipinski definition) is 0. The van der Waals surface area contributed by atoms with Crippen LogP contribution in [0.5, 0.6) is 0 Å². The zero-order chi connectivity index (χ0) is 29.6. The van der Waals surface area contributed by atoms with Gasteiger partial charge in [-0.15, -0.1) is 0 Å². The number of hydrogen-bond acceptors (Lipinski definition) is 4. The second-order valence-electron chi connectivity index (χ2n) is 9.26. The number of alkyl halides is 14. The zero-order valence-electron chi connectivity index (χ0n) is 19.7. The van der Waals surface area contributed by atoms with Gasteiger partial charge in [-0.3, -0.25) is 0 Å². The largest absolute Gasteiger partial charge is 0.437 e. The highest BCUT2D eigenvalue weighted by Crippen LogP contribution is 2.57. The lowest BCUT2D eigenvalue weighted by Crippen LogP contribution is -2.71. The van der Waals surface area contributed by atoms with E-state index in [0.717, 1.165) is 13.8 Å². The van der Waals surface area contributed by atoms with Crippen LogP contribution in [-0.4, -0.2) is 73.0 Å². The van der Waals surface area contributed by atoms with Crippen LogP contribution >= 0.6 is 0 Å². The van der Waals surface area contributed by atoms with Gasteiger partial charge in [0.05, 0.1) is 19.3 Å². The molecule has 38 heavy (non-hydrogen) atoms. The van der Waals surface area contributed by atoms with Crippen LogP contribution in [0.25, 0.3) is 0 Å². The Hall–Kier alpha value is -1.14. The molecule has 2 aliphatic rings. The number of ether oxygens (including phenoxy) is 4. The predicted molar refractivity (Wildman–Crippen MR) is 98.1 cm³/mol. The number of rotatable bonds is 7. The Bertz CT molecular complexity index is 780. The second-order valence-corrected chi connectivity index (χ2v) is 9.26. The van der Waals surface area contributed by atoms with E-state index in [4.69, 9.17) is 9.47 Å².